The molecule has 0 aliphatic carbocycles. The molecule has 2 aromatic rings. The van der Waals surface area contributed by atoms with Gasteiger partial charge in [-0.1, -0.05) is 17.7 Å². The predicted octanol–water partition coefficient (Wildman–Crippen LogP) is 3.26. The van der Waals surface area contributed by atoms with Crippen LogP contribution in [0.2, 0.25) is 5.02 Å². The first-order valence-electron chi connectivity index (χ1n) is 6.76. The molecule has 1 aliphatic heterocycles. The molecule has 1 atom stereocenters. The summed E-state index contributed by atoms with van der Waals surface area (Å²) in [5.74, 6) is 0. The van der Waals surface area contributed by atoms with E-state index in [1.165, 1.54) is 6.07 Å². The van der Waals surface area contributed by atoms with Gasteiger partial charge in [-0.3, -0.25) is 4.98 Å². The van der Waals surface area contributed by atoms with Gasteiger partial charge in [0, 0.05) is 24.0 Å². The van der Waals surface area contributed by atoms with Crippen LogP contribution >= 0.6 is 11.6 Å². The zero-order chi connectivity index (χ0) is 14.9. The lowest BCUT2D eigenvalue weighted by Crippen LogP contribution is -2.30. The molecule has 1 aliphatic rings. The van der Waals surface area contributed by atoms with E-state index in [9.17, 15) is 8.42 Å². The van der Waals surface area contributed by atoms with Gasteiger partial charge < -0.3 is 0 Å². The van der Waals surface area contributed by atoms with Crippen molar-refractivity contribution in [2.24, 2.45) is 0 Å². The van der Waals surface area contributed by atoms with E-state index in [-0.39, 0.29) is 10.9 Å². The fourth-order valence-corrected chi connectivity index (χ4v) is 4.69. The van der Waals surface area contributed by atoms with E-state index in [1.54, 1.807) is 34.9 Å². The molecule has 0 spiro atoms. The highest BCUT2D eigenvalue weighted by atomic mass is 35.5. The molecule has 1 unspecified atom stereocenters. The first-order chi connectivity index (χ1) is 10.1. The lowest BCUT2D eigenvalue weighted by molar-refractivity contribution is 0.396. The smallest absolute Gasteiger partial charge is 0.243 e. The summed E-state index contributed by atoms with van der Waals surface area (Å²) in [5.41, 5.74) is 0.980. The molecule has 0 amide bonds. The van der Waals surface area contributed by atoms with E-state index in [1.807, 2.05) is 12.1 Å². The summed E-state index contributed by atoms with van der Waals surface area (Å²) < 4.78 is 27.2. The molecule has 0 N–H and O–H groups in total. The third-order valence-electron chi connectivity index (χ3n) is 3.70. The second-order valence-electron chi connectivity index (χ2n) is 5.01. The molecule has 21 heavy (non-hydrogen) atoms. The number of benzene rings is 1. The van der Waals surface area contributed by atoms with Gasteiger partial charge in [-0.25, -0.2) is 8.42 Å². The van der Waals surface area contributed by atoms with Crippen molar-refractivity contribution in [2.75, 3.05) is 6.54 Å². The van der Waals surface area contributed by atoms with Crippen LogP contribution in [0.15, 0.2) is 53.7 Å². The normalized spacial score (nSPS) is 19.8. The second-order valence-corrected chi connectivity index (χ2v) is 7.34. The van der Waals surface area contributed by atoms with E-state index >= 15 is 0 Å². The number of aromatic nitrogens is 1. The van der Waals surface area contributed by atoms with Gasteiger partial charge in [-0.2, -0.15) is 4.31 Å². The van der Waals surface area contributed by atoms with Crippen molar-refractivity contribution in [2.45, 2.75) is 23.8 Å². The summed E-state index contributed by atoms with van der Waals surface area (Å²) in [5, 5.41) is 0.427. The Kier molecular flexibility index (Phi) is 3.97. The first kappa shape index (κ1) is 14.5. The van der Waals surface area contributed by atoms with Crippen LogP contribution in [0, 0.1) is 0 Å². The average Bonchev–Trinajstić information content (AvgIpc) is 2.98. The van der Waals surface area contributed by atoms with Crippen LogP contribution in [-0.2, 0) is 10.0 Å². The molecule has 1 saturated heterocycles. The lowest BCUT2D eigenvalue weighted by atomic mass is 10.1. The highest BCUT2D eigenvalue weighted by Crippen LogP contribution is 2.36. The Morgan fingerprint density at radius 3 is 2.67 bits per heavy atom. The summed E-state index contributed by atoms with van der Waals surface area (Å²) >= 11 is 5.92. The van der Waals surface area contributed by atoms with Crippen molar-refractivity contribution < 1.29 is 8.42 Å². The zero-order valence-corrected chi connectivity index (χ0v) is 12.9. The van der Waals surface area contributed by atoms with Gasteiger partial charge in [-0.05, 0) is 48.7 Å². The van der Waals surface area contributed by atoms with Crippen LogP contribution in [0.5, 0.6) is 0 Å². The topological polar surface area (TPSA) is 50.3 Å². The molecule has 0 bridgehead atoms. The van der Waals surface area contributed by atoms with Crippen molar-refractivity contribution in [3.63, 3.8) is 0 Å². The first-order valence-corrected chi connectivity index (χ1v) is 8.58. The molecule has 110 valence electrons. The third-order valence-corrected chi connectivity index (χ3v) is 5.84. The molecular formula is C15H15ClN2O2S. The summed E-state index contributed by atoms with van der Waals surface area (Å²) in [7, 11) is -3.53. The van der Waals surface area contributed by atoms with Crippen molar-refractivity contribution in [1.82, 2.24) is 9.29 Å². The maximum atomic E-state index is 12.8. The Balaban J connectivity index is 1.98. The Hall–Kier alpha value is -1.43. The molecule has 0 radical (unpaired) electrons. The number of nitrogens with zero attached hydrogens (tertiary/aromatic N) is 2. The maximum absolute atomic E-state index is 12.8. The highest BCUT2D eigenvalue weighted by molar-refractivity contribution is 7.89. The highest BCUT2D eigenvalue weighted by Gasteiger charge is 2.36. The van der Waals surface area contributed by atoms with Crippen LogP contribution in [0.3, 0.4) is 0 Å². The molecule has 6 heteroatoms. The van der Waals surface area contributed by atoms with E-state index in [0.717, 1.165) is 18.4 Å². The van der Waals surface area contributed by atoms with Crippen molar-refractivity contribution in [3.05, 3.63) is 59.4 Å². The molecule has 1 aromatic heterocycles. The Bertz CT molecular complexity index is 734. The van der Waals surface area contributed by atoms with Crippen LogP contribution in [0.25, 0.3) is 0 Å². The lowest BCUT2D eigenvalue weighted by Gasteiger charge is -2.24. The number of hydrogen-bond donors (Lipinski definition) is 0. The number of sulfonamides is 1. The van der Waals surface area contributed by atoms with Gasteiger partial charge in [0.25, 0.3) is 0 Å². The minimum Gasteiger partial charge on any atom is -0.265 e. The van der Waals surface area contributed by atoms with Crippen LogP contribution < -0.4 is 0 Å². The fraction of sp³-hybridized carbons (Fsp3) is 0.267. The summed E-state index contributed by atoms with van der Waals surface area (Å²) in [6.07, 6.45) is 5.06. The Morgan fingerprint density at radius 2 is 1.95 bits per heavy atom. The second kappa shape index (κ2) is 5.75. The number of pyridine rings is 1. The predicted molar refractivity (Wildman–Crippen MR) is 81.6 cm³/mol. The Labute approximate surface area is 129 Å². The van der Waals surface area contributed by atoms with Gasteiger partial charge in [0.15, 0.2) is 0 Å². The number of halogens is 1. The third kappa shape index (κ3) is 2.81. The van der Waals surface area contributed by atoms with Gasteiger partial charge >= 0.3 is 0 Å². The minimum atomic E-state index is -3.53. The monoisotopic (exact) mass is 322 g/mol. The summed E-state index contributed by atoms with van der Waals surface area (Å²) in [6.45, 7) is 0.530. The quantitative estimate of drug-likeness (QED) is 0.871. The summed E-state index contributed by atoms with van der Waals surface area (Å²) in [6, 6.07) is 10.0. The van der Waals surface area contributed by atoms with E-state index < -0.39 is 10.0 Å². The van der Waals surface area contributed by atoms with Crippen molar-refractivity contribution in [3.8, 4) is 0 Å². The van der Waals surface area contributed by atoms with Crippen molar-refractivity contribution >= 4 is 21.6 Å². The molecule has 3 rings (SSSR count). The largest absolute Gasteiger partial charge is 0.265 e. The molecular weight excluding hydrogens is 308 g/mol. The van der Waals surface area contributed by atoms with E-state index in [0.29, 0.717) is 11.6 Å². The minimum absolute atomic E-state index is 0.128. The van der Waals surface area contributed by atoms with Gasteiger partial charge in [0.2, 0.25) is 10.0 Å². The van der Waals surface area contributed by atoms with E-state index in [4.69, 9.17) is 11.6 Å². The molecule has 2 heterocycles. The van der Waals surface area contributed by atoms with Crippen LogP contribution in [-0.4, -0.2) is 24.3 Å². The Morgan fingerprint density at radius 1 is 1.19 bits per heavy atom. The number of hydrogen-bond acceptors (Lipinski definition) is 3. The SMILES string of the molecule is O=S(=O)(c1cccc(Cl)c1)N1CCCC1c1ccncc1. The van der Waals surface area contributed by atoms with Gasteiger partial charge in [-0.15, -0.1) is 0 Å². The van der Waals surface area contributed by atoms with Gasteiger partial charge in [0.05, 0.1) is 10.9 Å². The summed E-state index contributed by atoms with van der Waals surface area (Å²) in [4.78, 5) is 4.23. The maximum Gasteiger partial charge on any atom is 0.243 e. The molecule has 1 fully saturated rings. The molecule has 0 saturated carbocycles. The van der Waals surface area contributed by atoms with Gasteiger partial charge in [0.1, 0.15) is 0 Å². The van der Waals surface area contributed by atoms with Crippen LogP contribution in [0.1, 0.15) is 24.4 Å². The molecule has 1 aromatic carbocycles. The van der Waals surface area contributed by atoms with Crippen LogP contribution in [0.4, 0.5) is 0 Å². The van der Waals surface area contributed by atoms with E-state index in [2.05, 4.69) is 4.98 Å². The average molecular weight is 323 g/mol. The van der Waals surface area contributed by atoms with Crippen molar-refractivity contribution in [1.29, 1.82) is 0 Å². The fourth-order valence-electron chi connectivity index (χ4n) is 2.71. The number of rotatable bonds is 3. The zero-order valence-electron chi connectivity index (χ0n) is 11.3. The standard InChI is InChI=1S/C15H15ClN2O2S/c16-13-3-1-4-14(11-13)21(19,20)18-10-2-5-15(18)12-6-8-17-9-7-12/h1,3-4,6-9,11,15H,2,5,10H2. The molecule has 4 nitrogen and oxygen atoms in total.